The lowest BCUT2D eigenvalue weighted by molar-refractivity contribution is -0.671. The molecule has 0 radical (unpaired) electrons. The molecule has 0 atom stereocenters. The average molecular weight is 715 g/mol. The monoisotopic (exact) mass is 714 g/mol. The minimum atomic E-state index is 0. The third-order valence-corrected chi connectivity index (χ3v) is 8.09. The quantitative estimate of drug-likeness (QED) is 0.0705. The second-order valence-electron chi connectivity index (χ2n) is 11.8. The third kappa shape index (κ3) is 14.4. The van der Waals surface area contributed by atoms with Crippen LogP contribution in [-0.2, 0) is 20.1 Å². The van der Waals surface area contributed by atoms with Crippen molar-refractivity contribution in [3.8, 4) is 11.5 Å². The van der Waals surface area contributed by atoms with E-state index in [9.17, 15) is 4.79 Å². The molecule has 2 aromatic carbocycles. The van der Waals surface area contributed by atoms with Crippen LogP contribution in [0.5, 0.6) is 11.5 Å². The number of unbranched alkanes of at least 4 members (excludes halogenated alkanes) is 13. The van der Waals surface area contributed by atoms with Crippen LogP contribution in [-0.4, -0.2) is 24.5 Å². The molecule has 6 heteroatoms. The molecule has 0 spiro atoms. The molecule has 242 valence electrons. The Bertz CT molecular complexity index is 1170. The number of carbonyl (C=O) groups excluding carboxylic acids is 1. The van der Waals surface area contributed by atoms with E-state index in [0.29, 0.717) is 31.0 Å². The first kappa shape index (κ1) is 37.6. The standard InChI is InChI=1S/C38H55N2O3.HI/c1-4-5-6-7-8-9-10-11-12-13-14-15-16-20-29-43-36-24-23-34(30-37(36)42-3)32-40(31-33-25-27-39(2)28-26-33)38(41)35-21-18-17-19-22-35;/h17-19,21-28,30H,4-16,20,29,31-32H2,1-3H3;1H/q+1;/p-1. The van der Waals surface area contributed by atoms with E-state index in [-0.39, 0.29) is 29.9 Å². The predicted octanol–water partition coefficient (Wildman–Crippen LogP) is 6.23. The molecule has 3 aromatic rings. The van der Waals surface area contributed by atoms with E-state index in [4.69, 9.17) is 9.47 Å². The summed E-state index contributed by atoms with van der Waals surface area (Å²) in [6.45, 7) is 3.97. The van der Waals surface area contributed by atoms with Gasteiger partial charge in [-0.1, -0.05) is 115 Å². The zero-order valence-corrected chi connectivity index (χ0v) is 29.6. The van der Waals surface area contributed by atoms with Crippen LogP contribution in [0.15, 0.2) is 73.1 Å². The van der Waals surface area contributed by atoms with Crippen molar-refractivity contribution in [2.24, 2.45) is 7.05 Å². The van der Waals surface area contributed by atoms with Crippen LogP contribution in [0.4, 0.5) is 0 Å². The first-order valence-corrected chi connectivity index (χ1v) is 16.7. The molecule has 0 aliphatic heterocycles. The topological polar surface area (TPSA) is 42.7 Å². The number of hydrogen-bond donors (Lipinski definition) is 0. The van der Waals surface area contributed by atoms with Crippen molar-refractivity contribution in [1.82, 2.24) is 4.90 Å². The van der Waals surface area contributed by atoms with E-state index in [1.54, 1.807) is 7.11 Å². The van der Waals surface area contributed by atoms with Crippen LogP contribution >= 0.6 is 0 Å². The van der Waals surface area contributed by atoms with Crippen LogP contribution in [0.2, 0.25) is 0 Å². The molecule has 1 heterocycles. The molecule has 0 unspecified atom stereocenters. The largest absolute Gasteiger partial charge is 1.00 e. The lowest BCUT2D eigenvalue weighted by Gasteiger charge is -2.23. The summed E-state index contributed by atoms with van der Waals surface area (Å²) in [6.07, 6.45) is 22.8. The van der Waals surface area contributed by atoms with Gasteiger partial charge in [-0.25, -0.2) is 4.57 Å². The molecule has 0 bridgehead atoms. The van der Waals surface area contributed by atoms with Crippen LogP contribution < -0.4 is 38.0 Å². The summed E-state index contributed by atoms with van der Waals surface area (Å²) >= 11 is 0. The van der Waals surface area contributed by atoms with Crippen molar-refractivity contribution in [2.75, 3.05) is 13.7 Å². The molecular weight excluding hydrogens is 659 g/mol. The maximum atomic E-state index is 13.5. The van der Waals surface area contributed by atoms with Gasteiger partial charge in [-0.05, 0) is 41.8 Å². The highest BCUT2D eigenvalue weighted by Crippen LogP contribution is 2.29. The molecular formula is C38H55IN2O3. The van der Waals surface area contributed by atoms with Gasteiger partial charge in [0.1, 0.15) is 7.05 Å². The number of benzene rings is 2. The predicted molar refractivity (Wildman–Crippen MR) is 176 cm³/mol. The molecule has 1 aromatic heterocycles. The number of methoxy groups -OCH3 is 1. The fourth-order valence-corrected chi connectivity index (χ4v) is 5.45. The van der Waals surface area contributed by atoms with Gasteiger partial charge >= 0.3 is 0 Å². The van der Waals surface area contributed by atoms with E-state index < -0.39 is 0 Å². The van der Waals surface area contributed by atoms with Crippen LogP contribution in [0.3, 0.4) is 0 Å². The Morgan fingerprint density at radius 2 is 1.23 bits per heavy atom. The van der Waals surface area contributed by atoms with Gasteiger partial charge in [0.05, 0.1) is 13.7 Å². The van der Waals surface area contributed by atoms with Crippen molar-refractivity contribution in [2.45, 2.75) is 110 Å². The highest BCUT2D eigenvalue weighted by Gasteiger charge is 2.18. The molecule has 0 saturated heterocycles. The number of rotatable bonds is 22. The second kappa shape index (κ2) is 22.8. The van der Waals surface area contributed by atoms with E-state index in [1.165, 1.54) is 83.5 Å². The summed E-state index contributed by atoms with van der Waals surface area (Å²) < 4.78 is 13.8. The number of amides is 1. The molecule has 0 aliphatic carbocycles. The summed E-state index contributed by atoms with van der Waals surface area (Å²) in [5.74, 6) is 1.48. The van der Waals surface area contributed by atoms with Crippen LogP contribution in [0.25, 0.3) is 0 Å². The van der Waals surface area contributed by atoms with Crippen LogP contribution in [0, 0.1) is 0 Å². The molecule has 5 nitrogen and oxygen atoms in total. The number of hydrogen-bond acceptors (Lipinski definition) is 3. The number of aryl methyl sites for hydroxylation is 1. The third-order valence-electron chi connectivity index (χ3n) is 8.09. The Balaban J connectivity index is 0.00000675. The number of nitrogens with zero attached hydrogens (tertiary/aromatic N) is 2. The number of aromatic nitrogens is 1. The average Bonchev–Trinajstić information content (AvgIpc) is 3.04. The minimum absolute atomic E-state index is 0. The Morgan fingerprint density at radius 1 is 0.682 bits per heavy atom. The smallest absolute Gasteiger partial charge is 0.254 e. The zero-order valence-electron chi connectivity index (χ0n) is 27.4. The van der Waals surface area contributed by atoms with Crippen molar-refractivity contribution in [1.29, 1.82) is 0 Å². The normalized spacial score (nSPS) is 10.7. The fourth-order valence-electron chi connectivity index (χ4n) is 5.45. The van der Waals surface area contributed by atoms with E-state index in [1.807, 2.05) is 77.4 Å². The summed E-state index contributed by atoms with van der Waals surface area (Å²) in [5, 5.41) is 0. The van der Waals surface area contributed by atoms with Gasteiger partial charge < -0.3 is 38.4 Å². The molecule has 0 saturated carbocycles. The van der Waals surface area contributed by atoms with E-state index >= 15 is 0 Å². The first-order chi connectivity index (χ1) is 21.1. The van der Waals surface area contributed by atoms with Crippen molar-refractivity contribution < 1.29 is 42.8 Å². The molecule has 0 fully saturated rings. The summed E-state index contributed by atoms with van der Waals surface area (Å²) in [4.78, 5) is 15.4. The minimum Gasteiger partial charge on any atom is -1.00 e. The van der Waals surface area contributed by atoms with Gasteiger partial charge in [-0.15, -0.1) is 0 Å². The van der Waals surface area contributed by atoms with Gasteiger partial charge in [-0.2, -0.15) is 0 Å². The molecule has 1 amide bonds. The molecule has 3 rings (SSSR count). The van der Waals surface area contributed by atoms with Gasteiger partial charge in [-0.3, -0.25) is 4.79 Å². The summed E-state index contributed by atoms with van der Waals surface area (Å²) in [7, 11) is 3.67. The Kier molecular flexibility index (Phi) is 19.5. The highest BCUT2D eigenvalue weighted by atomic mass is 127. The SMILES string of the molecule is CCCCCCCCCCCCCCCCOc1ccc(CN(Cc2cc[n+](C)cc2)C(=O)c2ccccc2)cc1OC.[I-]. The number of carbonyl (C=O) groups is 1. The number of pyridine rings is 1. The van der Waals surface area contributed by atoms with Gasteiger partial charge in [0.25, 0.3) is 5.91 Å². The van der Waals surface area contributed by atoms with Crippen molar-refractivity contribution >= 4 is 5.91 Å². The van der Waals surface area contributed by atoms with Crippen molar-refractivity contribution in [3.63, 3.8) is 0 Å². The fraction of sp³-hybridized carbons (Fsp3) is 0.526. The lowest BCUT2D eigenvalue weighted by atomic mass is 10.0. The Hall–Kier alpha value is -2.61. The summed E-state index contributed by atoms with van der Waals surface area (Å²) in [6, 6.07) is 19.6. The van der Waals surface area contributed by atoms with Crippen molar-refractivity contribution in [3.05, 3.63) is 89.7 Å². The first-order valence-electron chi connectivity index (χ1n) is 16.7. The van der Waals surface area contributed by atoms with Gasteiger partial charge in [0, 0.05) is 30.8 Å². The van der Waals surface area contributed by atoms with Gasteiger partial charge in [0.15, 0.2) is 23.9 Å². The number of halogens is 1. The zero-order chi connectivity index (χ0) is 30.5. The Labute approximate surface area is 284 Å². The van der Waals surface area contributed by atoms with E-state index in [0.717, 1.165) is 23.3 Å². The number of ether oxygens (including phenoxy) is 2. The molecule has 0 N–H and O–H groups in total. The maximum Gasteiger partial charge on any atom is 0.254 e. The second-order valence-corrected chi connectivity index (χ2v) is 11.8. The molecule has 44 heavy (non-hydrogen) atoms. The summed E-state index contributed by atoms with van der Waals surface area (Å²) in [5.41, 5.74) is 2.78. The van der Waals surface area contributed by atoms with Crippen LogP contribution in [0.1, 0.15) is 118 Å². The lowest BCUT2D eigenvalue weighted by Crippen LogP contribution is -3.00. The highest BCUT2D eigenvalue weighted by molar-refractivity contribution is 5.94. The maximum absolute atomic E-state index is 13.5. The molecule has 0 aliphatic rings. The Morgan fingerprint density at radius 3 is 1.80 bits per heavy atom. The van der Waals surface area contributed by atoms with Gasteiger partial charge in [0.2, 0.25) is 0 Å². The van der Waals surface area contributed by atoms with E-state index in [2.05, 4.69) is 19.1 Å².